The third kappa shape index (κ3) is 3.13. The molecule has 124 valence electrons. The summed E-state index contributed by atoms with van der Waals surface area (Å²) in [6.07, 6.45) is 1.65. The molecule has 3 nitrogen and oxygen atoms in total. The van der Waals surface area contributed by atoms with Gasteiger partial charge in [-0.1, -0.05) is 29.8 Å². The van der Waals surface area contributed by atoms with E-state index in [0.29, 0.717) is 11.6 Å². The fraction of sp³-hybridized carbons (Fsp3) is 0.316. The highest BCUT2D eigenvalue weighted by Crippen LogP contribution is 2.38. The van der Waals surface area contributed by atoms with Gasteiger partial charge in [-0.05, 0) is 48.2 Å². The molecule has 0 bridgehead atoms. The highest BCUT2D eigenvalue weighted by Gasteiger charge is 2.29. The van der Waals surface area contributed by atoms with E-state index >= 15 is 0 Å². The Hall–Kier alpha value is -1.65. The molecule has 24 heavy (non-hydrogen) atoms. The lowest BCUT2D eigenvalue weighted by molar-refractivity contribution is -0.127. The number of ether oxygens (including phenoxy) is 1. The van der Waals surface area contributed by atoms with Crippen LogP contribution in [0, 0.1) is 5.92 Å². The first kappa shape index (κ1) is 15.9. The molecule has 0 unspecified atom stereocenters. The number of halogens is 1. The first-order valence-corrected chi connectivity index (χ1v) is 9.50. The van der Waals surface area contributed by atoms with Gasteiger partial charge in [-0.3, -0.25) is 4.79 Å². The summed E-state index contributed by atoms with van der Waals surface area (Å²) in [6, 6.07) is 13.9. The average Bonchev–Trinajstić information content (AvgIpc) is 2.62. The van der Waals surface area contributed by atoms with Crippen LogP contribution in [0.25, 0.3) is 0 Å². The van der Waals surface area contributed by atoms with Crippen molar-refractivity contribution in [1.29, 1.82) is 0 Å². The van der Waals surface area contributed by atoms with Crippen LogP contribution in [0.2, 0.25) is 5.02 Å². The Balaban J connectivity index is 1.49. The molecule has 0 radical (unpaired) electrons. The van der Waals surface area contributed by atoms with Gasteiger partial charge in [-0.2, -0.15) is 0 Å². The van der Waals surface area contributed by atoms with E-state index in [0.717, 1.165) is 35.5 Å². The van der Waals surface area contributed by atoms with Gasteiger partial charge < -0.3 is 10.1 Å². The zero-order chi connectivity index (χ0) is 16.5. The number of amides is 1. The lowest BCUT2D eigenvalue weighted by Gasteiger charge is -2.29. The number of nitrogens with one attached hydrogen (secondary N) is 1. The minimum Gasteiger partial charge on any atom is -0.492 e. The minimum atomic E-state index is -0.142. The molecule has 0 aliphatic carbocycles. The van der Waals surface area contributed by atoms with Gasteiger partial charge in [0.05, 0.1) is 12.0 Å². The molecule has 0 aromatic heterocycles. The van der Waals surface area contributed by atoms with Crippen molar-refractivity contribution < 1.29 is 9.53 Å². The van der Waals surface area contributed by atoms with E-state index in [1.54, 1.807) is 0 Å². The molecule has 2 heterocycles. The zero-order valence-corrected chi connectivity index (χ0v) is 14.7. The summed E-state index contributed by atoms with van der Waals surface area (Å²) < 4.78 is 5.75. The van der Waals surface area contributed by atoms with Gasteiger partial charge in [-0.15, -0.1) is 11.8 Å². The van der Waals surface area contributed by atoms with Crippen LogP contribution in [0.15, 0.2) is 47.4 Å². The molecule has 2 aliphatic rings. The van der Waals surface area contributed by atoms with Gasteiger partial charge >= 0.3 is 0 Å². The summed E-state index contributed by atoms with van der Waals surface area (Å²) in [5.41, 5.74) is 2.23. The third-order valence-electron chi connectivity index (χ3n) is 4.58. The summed E-state index contributed by atoms with van der Waals surface area (Å²) in [4.78, 5) is 13.9. The van der Waals surface area contributed by atoms with E-state index in [-0.39, 0.29) is 17.9 Å². The summed E-state index contributed by atoms with van der Waals surface area (Å²) in [5, 5.41) is 3.93. The van der Waals surface area contributed by atoms with E-state index in [1.807, 2.05) is 54.2 Å². The van der Waals surface area contributed by atoms with Gasteiger partial charge in [-0.25, -0.2) is 0 Å². The molecule has 4 rings (SSSR count). The maximum atomic E-state index is 12.7. The molecule has 2 aliphatic heterocycles. The summed E-state index contributed by atoms with van der Waals surface area (Å²) in [5.74, 6) is 1.82. The van der Waals surface area contributed by atoms with Crippen molar-refractivity contribution >= 4 is 29.3 Å². The Morgan fingerprint density at radius 3 is 3.04 bits per heavy atom. The molecule has 0 saturated heterocycles. The van der Waals surface area contributed by atoms with Gasteiger partial charge in [0.25, 0.3) is 0 Å². The fourth-order valence-electron chi connectivity index (χ4n) is 3.30. The number of hydrogen-bond donors (Lipinski definition) is 1. The molecule has 2 atom stereocenters. The number of carbonyl (C=O) groups is 1. The molecule has 0 saturated carbocycles. The Morgan fingerprint density at radius 1 is 1.25 bits per heavy atom. The second kappa shape index (κ2) is 6.69. The van der Waals surface area contributed by atoms with Crippen LogP contribution in [0.3, 0.4) is 0 Å². The minimum absolute atomic E-state index is 0.0321. The number of thioether (sulfide) groups is 1. The molecule has 5 heteroatoms. The Bertz CT molecular complexity index is 780. The van der Waals surface area contributed by atoms with Crippen molar-refractivity contribution in [2.24, 2.45) is 5.92 Å². The highest BCUT2D eigenvalue weighted by atomic mass is 35.5. The summed E-state index contributed by atoms with van der Waals surface area (Å²) in [6.45, 7) is 0.437. The standard InChI is InChI=1S/C19H18ClNO2S/c20-14-5-6-18-15(10-14)16(7-8-24-18)21-19(22)13-9-12-3-1-2-4-17(12)23-11-13/h1-6,10,13,16H,7-9,11H2,(H,21,22)/t13-,16-/m1/s1. The number of carbonyl (C=O) groups excluding carboxylic acids is 1. The normalized spacial score (nSPS) is 22.0. The molecule has 1 N–H and O–H groups in total. The molecule has 2 aromatic rings. The number of hydrogen-bond acceptors (Lipinski definition) is 3. The first-order valence-electron chi connectivity index (χ1n) is 8.14. The first-order chi connectivity index (χ1) is 11.7. The van der Waals surface area contributed by atoms with Crippen molar-refractivity contribution in [3.63, 3.8) is 0 Å². The predicted octanol–water partition coefficient (Wildman–Crippen LogP) is 4.24. The predicted molar refractivity (Wildman–Crippen MR) is 96.8 cm³/mol. The van der Waals surface area contributed by atoms with Crippen molar-refractivity contribution in [3.8, 4) is 5.75 Å². The van der Waals surface area contributed by atoms with Gasteiger partial charge in [0.1, 0.15) is 12.4 Å². The maximum Gasteiger partial charge on any atom is 0.227 e. The van der Waals surface area contributed by atoms with Crippen LogP contribution in [-0.4, -0.2) is 18.3 Å². The van der Waals surface area contributed by atoms with Gasteiger partial charge in [0.15, 0.2) is 0 Å². The van der Waals surface area contributed by atoms with E-state index < -0.39 is 0 Å². The van der Waals surface area contributed by atoms with E-state index in [4.69, 9.17) is 16.3 Å². The lowest BCUT2D eigenvalue weighted by Crippen LogP contribution is -2.40. The van der Waals surface area contributed by atoms with E-state index in [2.05, 4.69) is 5.32 Å². The lowest BCUT2D eigenvalue weighted by atomic mass is 9.95. The van der Waals surface area contributed by atoms with Crippen LogP contribution in [0.5, 0.6) is 5.75 Å². The molecule has 2 aromatic carbocycles. The van der Waals surface area contributed by atoms with Crippen molar-refractivity contribution in [2.45, 2.75) is 23.8 Å². The number of rotatable bonds is 2. The van der Waals surface area contributed by atoms with Crippen molar-refractivity contribution in [3.05, 3.63) is 58.6 Å². The summed E-state index contributed by atoms with van der Waals surface area (Å²) in [7, 11) is 0. The largest absolute Gasteiger partial charge is 0.492 e. The summed E-state index contributed by atoms with van der Waals surface area (Å²) >= 11 is 7.96. The topological polar surface area (TPSA) is 38.3 Å². The quantitative estimate of drug-likeness (QED) is 0.871. The number of benzene rings is 2. The van der Waals surface area contributed by atoms with Crippen molar-refractivity contribution in [2.75, 3.05) is 12.4 Å². The average molecular weight is 360 g/mol. The van der Waals surface area contributed by atoms with Gasteiger partial charge in [0.2, 0.25) is 5.91 Å². The fourth-order valence-corrected chi connectivity index (χ4v) is 4.59. The van der Waals surface area contributed by atoms with E-state index in [1.165, 1.54) is 4.90 Å². The Labute approximate surface area is 150 Å². The number of fused-ring (bicyclic) bond motifs is 2. The Kier molecular flexibility index (Phi) is 4.42. The van der Waals surface area contributed by atoms with Crippen molar-refractivity contribution in [1.82, 2.24) is 5.32 Å². The van der Waals surface area contributed by atoms with Crippen LogP contribution < -0.4 is 10.1 Å². The SMILES string of the molecule is O=C(N[C@@H]1CCSc2ccc(Cl)cc21)[C@H]1COc2ccccc2C1. The van der Waals surface area contributed by atoms with Crippen LogP contribution >= 0.6 is 23.4 Å². The maximum absolute atomic E-state index is 12.7. The molecular weight excluding hydrogens is 342 g/mol. The second-order valence-corrected chi connectivity index (χ2v) is 7.77. The highest BCUT2D eigenvalue weighted by molar-refractivity contribution is 7.99. The van der Waals surface area contributed by atoms with E-state index in [9.17, 15) is 4.79 Å². The van der Waals surface area contributed by atoms with Crippen LogP contribution in [0.4, 0.5) is 0 Å². The van der Waals surface area contributed by atoms with Crippen LogP contribution in [-0.2, 0) is 11.2 Å². The molecule has 1 amide bonds. The monoisotopic (exact) mass is 359 g/mol. The molecule has 0 spiro atoms. The van der Waals surface area contributed by atoms with Gasteiger partial charge in [0, 0.05) is 15.7 Å². The Morgan fingerprint density at radius 2 is 2.12 bits per heavy atom. The smallest absolute Gasteiger partial charge is 0.227 e. The zero-order valence-electron chi connectivity index (χ0n) is 13.1. The second-order valence-electron chi connectivity index (χ2n) is 6.20. The molecular formula is C19H18ClNO2S. The third-order valence-corrected chi connectivity index (χ3v) is 5.94. The van der Waals surface area contributed by atoms with Crippen LogP contribution in [0.1, 0.15) is 23.6 Å². The number of para-hydroxylation sites is 1. The molecule has 0 fully saturated rings.